The molecule has 1 aromatic heterocycles. The fourth-order valence-corrected chi connectivity index (χ4v) is 2.77. The zero-order valence-corrected chi connectivity index (χ0v) is 13.4. The molecule has 2 rings (SSSR count). The third kappa shape index (κ3) is 5.27. The summed E-state index contributed by atoms with van der Waals surface area (Å²) in [4.78, 5) is 23.8. The van der Waals surface area contributed by atoms with Crippen LogP contribution in [-0.2, 0) is 9.59 Å². The molecule has 0 bridgehead atoms. The van der Waals surface area contributed by atoms with Gasteiger partial charge in [0.05, 0.1) is 19.6 Å². The Kier molecular flexibility index (Phi) is 5.94. The Bertz CT molecular complexity index is 677. The minimum Gasteiger partial charge on any atom is -0.497 e. The van der Waals surface area contributed by atoms with Crippen molar-refractivity contribution in [2.75, 3.05) is 7.11 Å². The van der Waals surface area contributed by atoms with Crippen molar-refractivity contribution in [1.82, 2.24) is 5.32 Å². The molecule has 0 radical (unpaired) electrons. The monoisotopic (exact) mass is 331 g/mol. The summed E-state index contributed by atoms with van der Waals surface area (Å²) in [6.45, 7) is 0. The molecule has 1 atom stereocenters. The highest BCUT2D eigenvalue weighted by Crippen LogP contribution is 2.22. The van der Waals surface area contributed by atoms with E-state index >= 15 is 0 Å². The molecule has 0 aliphatic carbocycles. The minimum atomic E-state index is -0.956. The third-order valence-corrected chi connectivity index (χ3v) is 4.11. The van der Waals surface area contributed by atoms with Crippen LogP contribution in [0, 0.1) is 0 Å². The van der Waals surface area contributed by atoms with Crippen molar-refractivity contribution in [1.29, 1.82) is 0 Å². The van der Waals surface area contributed by atoms with Gasteiger partial charge in [-0.25, -0.2) is 0 Å². The van der Waals surface area contributed by atoms with Crippen LogP contribution in [0.3, 0.4) is 0 Å². The number of carboxylic acid groups (broad SMARTS) is 1. The molecule has 1 amide bonds. The van der Waals surface area contributed by atoms with Crippen LogP contribution in [0.5, 0.6) is 5.75 Å². The van der Waals surface area contributed by atoms with Crippen molar-refractivity contribution < 1.29 is 19.4 Å². The van der Waals surface area contributed by atoms with Crippen molar-refractivity contribution in [3.8, 4) is 5.75 Å². The van der Waals surface area contributed by atoms with Crippen molar-refractivity contribution in [2.24, 2.45) is 0 Å². The summed E-state index contributed by atoms with van der Waals surface area (Å²) in [5.41, 5.74) is 0.854. The standard InChI is InChI=1S/C17H17NO4S/c1-22-13-7-4-12(5-8-13)6-9-16(19)18-14(11-17(20)21)15-3-2-10-23-15/h2-10,14H,11H2,1H3,(H,18,19)(H,20,21)/b9-6+/t14-/m0/s1. The number of hydrogen-bond donors (Lipinski definition) is 2. The van der Waals surface area contributed by atoms with Crippen molar-refractivity contribution in [3.05, 3.63) is 58.3 Å². The van der Waals surface area contributed by atoms with E-state index in [9.17, 15) is 9.59 Å². The number of methoxy groups -OCH3 is 1. The van der Waals surface area contributed by atoms with E-state index in [1.807, 2.05) is 29.6 Å². The number of amides is 1. The number of hydrogen-bond acceptors (Lipinski definition) is 4. The van der Waals surface area contributed by atoms with E-state index in [1.54, 1.807) is 25.3 Å². The summed E-state index contributed by atoms with van der Waals surface area (Å²) >= 11 is 1.42. The van der Waals surface area contributed by atoms with Gasteiger partial charge >= 0.3 is 5.97 Å². The van der Waals surface area contributed by atoms with Crippen molar-refractivity contribution in [2.45, 2.75) is 12.5 Å². The Morgan fingerprint density at radius 1 is 1.30 bits per heavy atom. The number of aliphatic carboxylic acids is 1. The van der Waals surface area contributed by atoms with Gasteiger partial charge in [-0.3, -0.25) is 9.59 Å². The average molecular weight is 331 g/mol. The van der Waals surface area contributed by atoms with Crippen LogP contribution >= 0.6 is 11.3 Å². The van der Waals surface area contributed by atoms with Crippen LogP contribution in [-0.4, -0.2) is 24.1 Å². The molecule has 5 nitrogen and oxygen atoms in total. The topological polar surface area (TPSA) is 75.6 Å². The molecule has 0 unspecified atom stereocenters. The van der Waals surface area contributed by atoms with Gasteiger partial charge in [-0.2, -0.15) is 0 Å². The van der Waals surface area contributed by atoms with Gasteiger partial charge in [0.2, 0.25) is 5.91 Å². The molecule has 0 aliphatic rings. The van der Waals surface area contributed by atoms with E-state index in [-0.39, 0.29) is 12.3 Å². The summed E-state index contributed by atoms with van der Waals surface area (Å²) in [7, 11) is 1.59. The average Bonchev–Trinajstić information content (AvgIpc) is 3.07. The van der Waals surface area contributed by atoms with Gasteiger partial charge in [0.15, 0.2) is 0 Å². The summed E-state index contributed by atoms with van der Waals surface area (Å²) < 4.78 is 5.07. The number of thiophene rings is 1. The molecule has 1 aromatic carbocycles. The summed E-state index contributed by atoms with van der Waals surface area (Å²) in [6, 6.07) is 10.4. The Balaban J connectivity index is 2.00. The molecule has 0 aliphatic heterocycles. The van der Waals surface area contributed by atoms with E-state index in [0.29, 0.717) is 0 Å². The first-order valence-electron chi connectivity index (χ1n) is 6.96. The highest BCUT2D eigenvalue weighted by molar-refractivity contribution is 7.10. The quantitative estimate of drug-likeness (QED) is 0.765. The van der Waals surface area contributed by atoms with E-state index in [4.69, 9.17) is 9.84 Å². The number of carbonyl (C=O) groups is 2. The van der Waals surface area contributed by atoms with Gasteiger partial charge in [-0.15, -0.1) is 11.3 Å². The number of benzene rings is 1. The first kappa shape index (κ1) is 16.8. The lowest BCUT2D eigenvalue weighted by Crippen LogP contribution is -2.28. The van der Waals surface area contributed by atoms with Gasteiger partial charge in [-0.05, 0) is 35.2 Å². The number of ether oxygens (including phenoxy) is 1. The predicted octanol–water partition coefficient (Wildman–Crippen LogP) is 3.10. The Morgan fingerprint density at radius 3 is 2.61 bits per heavy atom. The van der Waals surface area contributed by atoms with Crippen LogP contribution in [0.2, 0.25) is 0 Å². The second kappa shape index (κ2) is 8.14. The molecular formula is C17H17NO4S. The zero-order valence-electron chi connectivity index (χ0n) is 12.6. The van der Waals surface area contributed by atoms with Crippen molar-refractivity contribution in [3.63, 3.8) is 0 Å². The molecule has 2 aromatic rings. The Labute approximate surface area is 138 Å². The van der Waals surface area contributed by atoms with E-state index < -0.39 is 12.0 Å². The van der Waals surface area contributed by atoms with Gasteiger partial charge < -0.3 is 15.2 Å². The van der Waals surface area contributed by atoms with Crippen LogP contribution in [0.25, 0.3) is 6.08 Å². The molecule has 6 heteroatoms. The Morgan fingerprint density at radius 2 is 2.04 bits per heavy atom. The molecule has 0 saturated carbocycles. The van der Waals surface area contributed by atoms with Crippen molar-refractivity contribution >= 4 is 29.3 Å². The fraction of sp³-hybridized carbons (Fsp3) is 0.176. The van der Waals surface area contributed by atoms with E-state index in [1.165, 1.54) is 17.4 Å². The lowest BCUT2D eigenvalue weighted by Gasteiger charge is -2.14. The molecule has 1 heterocycles. The maximum absolute atomic E-state index is 12.0. The summed E-state index contributed by atoms with van der Waals surface area (Å²) in [5, 5.41) is 13.5. The second-order valence-corrected chi connectivity index (χ2v) is 5.76. The minimum absolute atomic E-state index is 0.150. The van der Waals surface area contributed by atoms with Crippen LogP contribution in [0.1, 0.15) is 22.9 Å². The first-order chi connectivity index (χ1) is 11.1. The number of nitrogens with one attached hydrogen (secondary N) is 1. The van der Waals surface area contributed by atoms with E-state index in [2.05, 4.69) is 5.32 Å². The largest absolute Gasteiger partial charge is 0.497 e. The van der Waals surface area contributed by atoms with Gasteiger partial charge in [0.1, 0.15) is 5.75 Å². The molecule has 2 N–H and O–H groups in total. The van der Waals surface area contributed by atoms with Crippen LogP contribution in [0.15, 0.2) is 47.9 Å². The molecule has 23 heavy (non-hydrogen) atoms. The van der Waals surface area contributed by atoms with Gasteiger partial charge in [0, 0.05) is 11.0 Å². The Hall–Kier alpha value is -2.60. The zero-order chi connectivity index (χ0) is 16.7. The maximum Gasteiger partial charge on any atom is 0.305 e. The molecular weight excluding hydrogens is 314 g/mol. The number of carboxylic acids is 1. The summed E-state index contributed by atoms with van der Waals surface area (Å²) in [6.07, 6.45) is 2.91. The van der Waals surface area contributed by atoms with E-state index in [0.717, 1.165) is 16.2 Å². The number of rotatable bonds is 7. The second-order valence-electron chi connectivity index (χ2n) is 4.78. The maximum atomic E-state index is 12.0. The van der Waals surface area contributed by atoms with Gasteiger partial charge in [-0.1, -0.05) is 18.2 Å². The normalized spacial score (nSPS) is 12.0. The lowest BCUT2D eigenvalue weighted by molar-refractivity contribution is -0.137. The first-order valence-corrected chi connectivity index (χ1v) is 7.84. The SMILES string of the molecule is COc1ccc(/C=C/C(=O)N[C@@H](CC(=O)O)c2cccs2)cc1. The molecule has 0 spiro atoms. The highest BCUT2D eigenvalue weighted by atomic mass is 32.1. The molecule has 120 valence electrons. The number of carbonyl (C=O) groups excluding carboxylic acids is 1. The molecule has 0 fully saturated rings. The predicted molar refractivity (Wildman–Crippen MR) is 89.5 cm³/mol. The summed E-state index contributed by atoms with van der Waals surface area (Å²) in [5.74, 6) is -0.547. The highest BCUT2D eigenvalue weighted by Gasteiger charge is 2.17. The third-order valence-electron chi connectivity index (χ3n) is 3.12. The van der Waals surface area contributed by atoms with Gasteiger partial charge in [0.25, 0.3) is 0 Å². The molecule has 0 saturated heterocycles. The fourth-order valence-electron chi connectivity index (χ4n) is 1.99. The smallest absolute Gasteiger partial charge is 0.305 e. The van der Waals surface area contributed by atoms with Crippen LogP contribution < -0.4 is 10.1 Å². The lowest BCUT2D eigenvalue weighted by atomic mass is 10.1. The van der Waals surface area contributed by atoms with Crippen LogP contribution in [0.4, 0.5) is 0 Å².